The smallest absolute Gasteiger partial charge is 0.164 e. The Kier molecular flexibility index (Phi) is 19.0. The molecule has 27 rings (SSSR count). The van der Waals surface area contributed by atoms with E-state index < -0.39 is 0 Å². The fourth-order valence-corrected chi connectivity index (χ4v) is 20.5. The van der Waals surface area contributed by atoms with Crippen LogP contribution in [0.2, 0.25) is 0 Å². The maximum atomic E-state index is 5.02. The van der Waals surface area contributed by atoms with Crippen molar-refractivity contribution in [2.24, 2.45) is 0 Å². The molecule has 10 nitrogen and oxygen atoms in total. The van der Waals surface area contributed by atoms with Gasteiger partial charge in [0.05, 0.1) is 44.1 Å². The minimum Gasteiger partial charge on any atom is -0.309 e. The third-order valence-corrected chi connectivity index (χ3v) is 26.9. The van der Waals surface area contributed by atoms with Gasteiger partial charge < -0.3 is 18.3 Å². The van der Waals surface area contributed by atoms with Gasteiger partial charge in [0.2, 0.25) is 0 Å². The molecule has 0 atom stereocenters. The number of hydrogen-bond donors (Lipinski definition) is 0. The maximum Gasteiger partial charge on any atom is 0.164 e. The van der Waals surface area contributed by atoms with E-state index >= 15 is 0 Å². The molecule has 0 N–H and O–H groups in total. The van der Waals surface area contributed by atoms with E-state index in [1.807, 2.05) is 121 Å². The number of rotatable bonds is 14. The fourth-order valence-electron chi connectivity index (χ4n) is 20.5. The van der Waals surface area contributed by atoms with Crippen LogP contribution in [0.4, 0.5) is 0 Å². The van der Waals surface area contributed by atoms with Gasteiger partial charge in [0, 0.05) is 99.2 Å². The molecular weight excluding hydrogens is 1650 g/mol. The van der Waals surface area contributed by atoms with E-state index in [-0.39, 0.29) is 0 Å². The summed E-state index contributed by atoms with van der Waals surface area (Å²) in [6.07, 6.45) is 0. The average Bonchev–Trinajstić information content (AvgIpc) is 1.52. The minimum atomic E-state index is 0.630. The van der Waals surface area contributed by atoms with Gasteiger partial charge in [-0.3, -0.25) is 0 Å². The van der Waals surface area contributed by atoms with Gasteiger partial charge in [-0.25, -0.2) is 29.9 Å². The highest BCUT2D eigenvalue weighted by molar-refractivity contribution is 6.26. The summed E-state index contributed by atoms with van der Waals surface area (Å²) in [4.78, 5) is 29.8. The quantitative estimate of drug-likeness (QED) is 0.101. The predicted molar refractivity (Wildman–Crippen MR) is 564 cm³/mol. The Morgan fingerprint density at radius 3 is 0.640 bits per heavy atom. The molecule has 0 amide bonds. The van der Waals surface area contributed by atoms with Crippen molar-refractivity contribution < 1.29 is 0 Å². The first-order chi connectivity index (χ1) is 67.4. The van der Waals surface area contributed by atoms with Crippen LogP contribution in [0.15, 0.2) is 485 Å². The van der Waals surface area contributed by atoms with E-state index in [0.29, 0.717) is 34.9 Å². The lowest BCUT2D eigenvalue weighted by molar-refractivity contribution is 1.07. The molecule has 21 aromatic carbocycles. The van der Waals surface area contributed by atoms with Crippen LogP contribution in [0.3, 0.4) is 0 Å². The highest BCUT2D eigenvalue weighted by atomic mass is 15.1. The van der Waals surface area contributed by atoms with E-state index in [2.05, 4.69) is 382 Å². The third kappa shape index (κ3) is 13.7. The molecule has 0 saturated heterocycles. The molecular formula is C126H80N10. The number of fused-ring (bicyclic) bond motifs is 18. The molecule has 10 heteroatoms. The lowest BCUT2D eigenvalue weighted by Gasteiger charge is -2.14. The van der Waals surface area contributed by atoms with Crippen molar-refractivity contribution in [1.29, 1.82) is 0 Å². The van der Waals surface area contributed by atoms with Gasteiger partial charge in [0.1, 0.15) is 0 Å². The Bertz CT molecular complexity index is 9220. The molecule has 6 aromatic heterocycles. The van der Waals surface area contributed by atoms with E-state index in [1.54, 1.807) is 0 Å². The van der Waals surface area contributed by atoms with Crippen molar-refractivity contribution in [1.82, 2.24) is 48.2 Å². The van der Waals surface area contributed by atoms with Crippen molar-refractivity contribution in [2.45, 2.75) is 0 Å². The monoisotopic (exact) mass is 1730 g/mol. The molecule has 0 aliphatic rings. The molecule has 27 aromatic rings. The largest absolute Gasteiger partial charge is 0.309 e. The zero-order valence-corrected chi connectivity index (χ0v) is 73.7. The van der Waals surface area contributed by atoms with Crippen molar-refractivity contribution in [3.63, 3.8) is 0 Å². The van der Waals surface area contributed by atoms with Crippen molar-refractivity contribution in [3.05, 3.63) is 485 Å². The summed E-state index contributed by atoms with van der Waals surface area (Å²) in [6, 6.07) is 173. The van der Waals surface area contributed by atoms with Crippen LogP contribution < -0.4 is 0 Å². The van der Waals surface area contributed by atoms with Gasteiger partial charge in [0.15, 0.2) is 34.9 Å². The molecule has 0 fully saturated rings. The maximum absolute atomic E-state index is 5.02. The van der Waals surface area contributed by atoms with E-state index in [4.69, 9.17) is 29.9 Å². The molecule has 6 heterocycles. The van der Waals surface area contributed by atoms with E-state index in [9.17, 15) is 0 Å². The van der Waals surface area contributed by atoms with Gasteiger partial charge in [-0.05, 0) is 210 Å². The Balaban J connectivity index is 0.000000143. The molecule has 0 aliphatic heterocycles. The molecule has 0 aliphatic carbocycles. The number of benzene rings is 21. The summed E-state index contributed by atoms with van der Waals surface area (Å²) in [7, 11) is 0. The van der Waals surface area contributed by atoms with Gasteiger partial charge in [-0.1, -0.05) is 352 Å². The van der Waals surface area contributed by atoms with Crippen molar-refractivity contribution in [2.75, 3.05) is 0 Å². The Morgan fingerprint density at radius 1 is 0.103 bits per heavy atom. The topological polar surface area (TPSA) is 97.1 Å². The highest BCUT2D eigenvalue weighted by Crippen LogP contribution is 2.45. The van der Waals surface area contributed by atoms with Gasteiger partial charge in [0.25, 0.3) is 0 Å². The summed E-state index contributed by atoms with van der Waals surface area (Å²) in [5, 5.41) is 17.5. The third-order valence-electron chi connectivity index (χ3n) is 26.9. The van der Waals surface area contributed by atoms with Crippen LogP contribution in [0, 0.1) is 0 Å². The molecule has 136 heavy (non-hydrogen) atoms. The Hall–Kier alpha value is -18.4. The first-order valence-electron chi connectivity index (χ1n) is 46.1. The van der Waals surface area contributed by atoms with E-state index in [0.717, 1.165) is 72.5 Å². The number of hydrogen-bond acceptors (Lipinski definition) is 6. The first kappa shape index (κ1) is 78.6. The van der Waals surface area contributed by atoms with E-state index in [1.165, 1.54) is 148 Å². The normalized spacial score (nSPS) is 11.7. The lowest BCUT2D eigenvalue weighted by Crippen LogP contribution is -2.01. The van der Waals surface area contributed by atoms with Gasteiger partial charge in [-0.15, -0.1) is 0 Å². The molecule has 0 saturated carbocycles. The molecule has 634 valence electrons. The van der Waals surface area contributed by atoms with Gasteiger partial charge >= 0.3 is 0 Å². The van der Waals surface area contributed by atoms with Gasteiger partial charge in [-0.2, -0.15) is 0 Å². The molecule has 0 bridgehead atoms. The zero-order valence-electron chi connectivity index (χ0n) is 73.7. The second-order valence-electron chi connectivity index (χ2n) is 34.8. The van der Waals surface area contributed by atoms with Crippen molar-refractivity contribution >= 4 is 120 Å². The number of nitrogens with zero attached hydrogens (tertiary/aromatic N) is 10. The lowest BCUT2D eigenvalue weighted by atomic mass is 9.94. The van der Waals surface area contributed by atoms with Crippen molar-refractivity contribution in [3.8, 4) is 136 Å². The molecule has 0 spiro atoms. The Morgan fingerprint density at radius 2 is 0.309 bits per heavy atom. The predicted octanol–water partition coefficient (Wildman–Crippen LogP) is 32.3. The minimum absolute atomic E-state index is 0.630. The zero-order chi connectivity index (χ0) is 89.7. The summed E-state index contributed by atoms with van der Waals surface area (Å²) in [6.45, 7) is 0. The Labute approximate surface area is 783 Å². The summed E-state index contributed by atoms with van der Waals surface area (Å²) in [5.41, 5.74) is 28.9. The average molecular weight is 1730 g/mol. The van der Waals surface area contributed by atoms with Crippen LogP contribution in [0.1, 0.15) is 0 Å². The van der Waals surface area contributed by atoms with Crippen LogP contribution >= 0.6 is 0 Å². The number of para-hydroxylation sites is 5. The highest BCUT2D eigenvalue weighted by Gasteiger charge is 2.23. The second kappa shape index (κ2) is 32.9. The fraction of sp³-hybridized carbons (Fsp3) is 0. The van der Waals surface area contributed by atoms with Crippen LogP contribution in [-0.2, 0) is 0 Å². The second-order valence-corrected chi connectivity index (χ2v) is 34.8. The standard InChI is InChI=1S/C69H43N5.C57H37N5/c1-3-15-46(16-4-1)67-70-68(47-17-5-2-6-18-47)72-69(71-67)48-31-35-51(36-32-48)73-63-25-13-11-23-58(63)61-41-49(33-39-65(61)73)44-27-29-45(30-28-44)50-34-40-66-62(42-50)59-24-12-14-26-64(59)74(66)52-37-38-57-55-21-8-7-19-53(55)54-20-9-10-22-56(54)60(57)43-52;1-4-15-40(16-5-1)55-58-56(41-17-6-2-7-18-41)60-57(59-55)44-19-14-22-46(35-44)62-52-26-13-11-24-48(52)50-37-43(32-34-54(50)62)39-29-27-38(28-30-39)42-31-33-53-49(36-42)47-23-10-12-25-51(47)61(53)45-20-8-3-9-21-45/h1-43H;1-37H. The number of aromatic nitrogens is 10. The summed E-state index contributed by atoms with van der Waals surface area (Å²) >= 11 is 0. The molecule has 0 radical (unpaired) electrons. The van der Waals surface area contributed by atoms with Crippen LogP contribution in [0.5, 0.6) is 0 Å². The van der Waals surface area contributed by atoms with Crippen LogP contribution in [0.25, 0.3) is 255 Å². The molecule has 0 unspecified atom stereocenters. The summed E-state index contributed by atoms with van der Waals surface area (Å²) in [5.74, 6) is 3.85. The SMILES string of the molecule is c1ccc(-c2nc(-c3ccccc3)nc(-c3ccc(-n4c5ccccc5c5cc(-c6ccc(-c7ccc8c(c7)c7ccccc7n8-c7ccc8c9ccccc9c9ccccc9c8c7)cc6)ccc54)cc3)n2)cc1.c1ccc(-c2nc(-c3ccccc3)nc(-c3cccc(-n4c5ccccc5c5cc(-c6ccc(-c7ccc8c(c7)c7ccccc7n8-c7ccccc7)cc6)ccc54)c3)n2)cc1. The first-order valence-corrected chi connectivity index (χ1v) is 46.1. The summed E-state index contributed by atoms with van der Waals surface area (Å²) < 4.78 is 9.50. The van der Waals surface area contributed by atoms with Crippen LogP contribution in [-0.4, -0.2) is 48.2 Å².